The Balaban J connectivity index is 1.58. The molecule has 0 radical (unpaired) electrons. The molecular formula is C18H25N5O. The second-order valence-corrected chi connectivity index (χ2v) is 6.76. The number of aryl methyl sites for hydroxylation is 1. The fourth-order valence-electron chi connectivity index (χ4n) is 2.98. The van der Waals surface area contributed by atoms with Crippen LogP contribution in [-0.2, 0) is 17.9 Å². The van der Waals surface area contributed by atoms with E-state index in [4.69, 9.17) is 0 Å². The Bertz CT molecular complexity index is 692. The molecule has 128 valence electrons. The van der Waals surface area contributed by atoms with E-state index in [2.05, 4.69) is 64.7 Å². The molecule has 2 heterocycles. The van der Waals surface area contributed by atoms with Crippen molar-refractivity contribution >= 4 is 5.91 Å². The van der Waals surface area contributed by atoms with E-state index >= 15 is 0 Å². The second kappa shape index (κ2) is 7.13. The van der Waals surface area contributed by atoms with Gasteiger partial charge in [0.25, 0.3) is 0 Å². The highest BCUT2D eigenvalue weighted by atomic mass is 16.2. The van der Waals surface area contributed by atoms with Crippen LogP contribution in [0.3, 0.4) is 0 Å². The second-order valence-electron chi connectivity index (χ2n) is 6.76. The summed E-state index contributed by atoms with van der Waals surface area (Å²) in [7, 11) is 0. The number of nitrogens with zero attached hydrogens (tertiary/aromatic N) is 5. The van der Waals surface area contributed by atoms with Gasteiger partial charge in [-0.2, -0.15) is 0 Å². The molecule has 2 aromatic rings. The van der Waals surface area contributed by atoms with Gasteiger partial charge in [-0.3, -0.25) is 9.69 Å². The van der Waals surface area contributed by atoms with Crippen LogP contribution in [0, 0.1) is 6.92 Å². The average molecular weight is 327 g/mol. The van der Waals surface area contributed by atoms with Gasteiger partial charge in [0.15, 0.2) is 0 Å². The third-order valence-electron chi connectivity index (χ3n) is 4.46. The Morgan fingerprint density at radius 3 is 2.54 bits per heavy atom. The minimum Gasteiger partial charge on any atom is -0.336 e. The largest absolute Gasteiger partial charge is 0.336 e. The molecule has 1 aliphatic heterocycles. The quantitative estimate of drug-likeness (QED) is 0.843. The molecule has 1 aliphatic rings. The normalized spacial score (nSPS) is 16.2. The van der Waals surface area contributed by atoms with Crippen molar-refractivity contribution in [2.75, 3.05) is 19.6 Å². The lowest BCUT2D eigenvalue weighted by atomic mass is 10.1. The molecule has 3 rings (SSSR count). The predicted octanol–water partition coefficient (Wildman–Crippen LogP) is 2.01. The summed E-state index contributed by atoms with van der Waals surface area (Å²) in [4.78, 5) is 16.6. The zero-order chi connectivity index (χ0) is 17.1. The maximum absolute atomic E-state index is 12.5. The summed E-state index contributed by atoms with van der Waals surface area (Å²) < 4.78 is 2.06. The highest BCUT2D eigenvalue weighted by molar-refractivity contribution is 5.79. The molecule has 0 spiro atoms. The van der Waals surface area contributed by atoms with E-state index in [1.54, 1.807) is 6.33 Å². The van der Waals surface area contributed by atoms with Gasteiger partial charge in [-0.1, -0.05) is 29.8 Å². The lowest BCUT2D eigenvalue weighted by Gasteiger charge is -2.34. The molecule has 0 saturated carbocycles. The monoisotopic (exact) mass is 327 g/mol. The van der Waals surface area contributed by atoms with Gasteiger partial charge in [0.2, 0.25) is 5.91 Å². The van der Waals surface area contributed by atoms with Gasteiger partial charge in [0, 0.05) is 25.7 Å². The van der Waals surface area contributed by atoms with Crippen LogP contribution in [0.25, 0.3) is 0 Å². The summed E-state index contributed by atoms with van der Waals surface area (Å²) in [5.41, 5.74) is 2.42. The van der Waals surface area contributed by atoms with E-state index in [-0.39, 0.29) is 5.91 Å². The molecule has 0 unspecified atom stereocenters. The molecule has 1 amide bonds. The van der Waals surface area contributed by atoms with E-state index in [9.17, 15) is 4.79 Å². The zero-order valence-corrected chi connectivity index (χ0v) is 14.6. The molecule has 0 bridgehead atoms. The Morgan fingerprint density at radius 2 is 1.88 bits per heavy atom. The van der Waals surface area contributed by atoms with Crippen molar-refractivity contribution in [3.05, 3.63) is 47.5 Å². The molecule has 1 fully saturated rings. The van der Waals surface area contributed by atoms with Crippen LogP contribution >= 0.6 is 0 Å². The number of carbonyl (C=O) groups excluding carboxylic acids is 1. The first kappa shape index (κ1) is 16.6. The molecule has 24 heavy (non-hydrogen) atoms. The first-order valence-electron chi connectivity index (χ1n) is 8.47. The van der Waals surface area contributed by atoms with Crippen molar-refractivity contribution in [1.82, 2.24) is 24.6 Å². The predicted molar refractivity (Wildman–Crippen MR) is 92.3 cm³/mol. The summed E-state index contributed by atoms with van der Waals surface area (Å²) >= 11 is 0. The maximum Gasteiger partial charge on any atom is 0.237 e. The number of carbonyl (C=O) groups is 1. The summed E-state index contributed by atoms with van der Waals surface area (Å²) in [6, 6.07) is 8.71. The van der Waals surface area contributed by atoms with E-state index < -0.39 is 0 Å². The van der Waals surface area contributed by atoms with Crippen molar-refractivity contribution in [3.8, 4) is 0 Å². The van der Waals surface area contributed by atoms with Gasteiger partial charge in [-0.25, -0.2) is 0 Å². The van der Waals surface area contributed by atoms with Gasteiger partial charge in [0.05, 0.1) is 13.1 Å². The standard InChI is InChI=1S/C18H25N5O/c1-14(2)23-13-19-20-17(23)11-21-8-9-22(18(24)12-21)10-16-6-4-15(3)5-7-16/h4-7,13-14H,8-12H2,1-3H3. The molecule has 1 aromatic heterocycles. The highest BCUT2D eigenvalue weighted by Gasteiger charge is 2.25. The van der Waals surface area contributed by atoms with Crippen LogP contribution in [0.1, 0.15) is 36.8 Å². The van der Waals surface area contributed by atoms with E-state index in [1.165, 1.54) is 11.1 Å². The maximum atomic E-state index is 12.5. The first-order chi connectivity index (χ1) is 11.5. The van der Waals surface area contributed by atoms with E-state index in [0.29, 0.717) is 25.7 Å². The minimum absolute atomic E-state index is 0.178. The molecule has 1 aromatic carbocycles. The number of benzene rings is 1. The minimum atomic E-state index is 0.178. The average Bonchev–Trinajstić information content (AvgIpc) is 3.00. The van der Waals surface area contributed by atoms with Crippen molar-refractivity contribution in [2.45, 2.75) is 39.9 Å². The SMILES string of the molecule is Cc1ccc(CN2CCN(Cc3nncn3C(C)C)CC2=O)cc1. The summed E-state index contributed by atoms with van der Waals surface area (Å²) in [5, 5.41) is 8.19. The van der Waals surface area contributed by atoms with Gasteiger partial charge >= 0.3 is 0 Å². The van der Waals surface area contributed by atoms with Crippen LogP contribution in [0.4, 0.5) is 0 Å². The molecule has 0 aliphatic carbocycles. The highest BCUT2D eigenvalue weighted by Crippen LogP contribution is 2.14. The fourth-order valence-corrected chi connectivity index (χ4v) is 2.98. The first-order valence-corrected chi connectivity index (χ1v) is 8.47. The van der Waals surface area contributed by atoms with Crippen LogP contribution in [-0.4, -0.2) is 50.1 Å². The zero-order valence-electron chi connectivity index (χ0n) is 14.6. The molecular weight excluding hydrogens is 302 g/mol. The number of aromatic nitrogens is 3. The summed E-state index contributed by atoms with van der Waals surface area (Å²) in [6.07, 6.45) is 1.76. The van der Waals surface area contributed by atoms with Crippen LogP contribution in [0.5, 0.6) is 0 Å². The van der Waals surface area contributed by atoms with E-state index in [0.717, 1.165) is 18.9 Å². The van der Waals surface area contributed by atoms with Gasteiger partial charge in [0.1, 0.15) is 12.2 Å². The van der Waals surface area contributed by atoms with Crippen molar-refractivity contribution in [1.29, 1.82) is 0 Å². The smallest absolute Gasteiger partial charge is 0.237 e. The number of amides is 1. The Morgan fingerprint density at radius 1 is 1.12 bits per heavy atom. The molecule has 0 atom stereocenters. The Labute approximate surface area is 143 Å². The fraction of sp³-hybridized carbons (Fsp3) is 0.500. The number of hydrogen-bond acceptors (Lipinski definition) is 4. The molecule has 6 heteroatoms. The molecule has 1 saturated heterocycles. The van der Waals surface area contributed by atoms with Crippen LogP contribution in [0.2, 0.25) is 0 Å². The van der Waals surface area contributed by atoms with E-state index in [1.807, 2.05) is 4.90 Å². The summed E-state index contributed by atoms with van der Waals surface area (Å²) in [6.45, 7) is 9.71. The number of rotatable bonds is 5. The Kier molecular flexibility index (Phi) is 4.94. The molecule has 0 N–H and O–H groups in total. The Hall–Kier alpha value is -2.21. The lowest BCUT2D eigenvalue weighted by Crippen LogP contribution is -2.49. The van der Waals surface area contributed by atoms with Crippen LogP contribution < -0.4 is 0 Å². The van der Waals surface area contributed by atoms with Crippen molar-refractivity contribution in [3.63, 3.8) is 0 Å². The van der Waals surface area contributed by atoms with Gasteiger partial charge in [-0.05, 0) is 26.3 Å². The number of piperazine rings is 1. The third kappa shape index (κ3) is 3.82. The van der Waals surface area contributed by atoms with Crippen LogP contribution in [0.15, 0.2) is 30.6 Å². The van der Waals surface area contributed by atoms with Crippen molar-refractivity contribution < 1.29 is 4.79 Å². The lowest BCUT2D eigenvalue weighted by molar-refractivity contribution is -0.136. The topological polar surface area (TPSA) is 54.3 Å². The van der Waals surface area contributed by atoms with Crippen molar-refractivity contribution in [2.24, 2.45) is 0 Å². The summed E-state index contributed by atoms with van der Waals surface area (Å²) in [5.74, 6) is 1.10. The van der Waals surface area contributed by atoms with Gasteiger partial charge < -0.3 is 9.47 Å². The third-order valence-corrected chi connectivity index (χ3v) is 4.46. The number of hydrogen-bond donors (Lipinski definition) is 0. The van der Waals surface area contributed by atoms with Gasteiger partial charge in [-0.15, -0.1) is 10.2 Å². The molecule has 6 nitrogen and oxygen atoms in total.